The molecule has 0 atom stereocenters. The van der Waals surface area contributed by atoms with Gasteiger partial charge in [-0.3, -0.25) is 4.68 Å². The van der Waals surface area contributed by atoms with Crippen LogP contribution in [0, 0.1) is 6.92 Å². The Balaban J connectivity index is 2.46. The number of hydrogen-bond acceptors (Lipinski definition) is 3. The standard InChI is InChI=1S/C9H11N3S/c1-6-3-8(13-5-6)7-4-9(10)12(2)11-7/h3-5H,10H2,1-2H3. The summed E-state index contributed by atoms with van der Waals surface area (Å²) >= 11 is 1.69. The molecule has 0 amide bonds. The summed E-state index contributed by atoms with van der Waals surface area (Å²) < 4.78 is 1.68. The fraction of sp³-hybridized carbons (Fsp3) is 0.222. The molecule has 0 aliphatic carbocycles. The highest BCUT2D eigenvalue weighted by Gasteiger charge is 2.05. The first-order valence-corrected chi connectivity index (χ1v) is 4.90. The lowest BCUT2D eigenvalue weighted by Crippen LogP contribution is -1.96. The molecule has 0 unspecified atom stereocenters. The van der Waals surface area contributed by atoms with E-state index in [-0.39, 0.29) is 0 Å². The monoisotopic (exact) mass is 193 g/mol. The molecule has 0 fully saturated rings. The molecule has 68 valence electrons. The molecule has 0 radical (unpaired) electrons. The third kappa shape index (κ3) is 1.45. The quantitative estimate of drug-likeness (QED) is 0.753. The van der Waals surface area contributed by atoms with Crippen LogP contribution in [0.25, 0.3) is 10.6 Å². The second-order valence-corrected chi connectivity index (χ2v) is 3.98. The minimum absolute atomic E-state index is 0.695. The maximum Gasteiger partial charge on any atom is 0.121 e. The number of nitrogens with zero attached hydrogens (tertiary/aromatic N) is 2. The van der Waals surface area contributed by atoms with E-state index < -0.39 is 0 Å². The van der Waals surface area contributed by atoms with Gasteiger partial charge in [-0.2, -0.15) is 5.10 Å². The van der Waals surface area contributed by atoms with Gasteiger partial charge in [0.05, 0.1) is 4.88 Å². The van der Waals surface area contributed by atoms with E-state index in [1.807, 2.05) is 13.1 Å². The minimum Gasteiger partial charge on any atom is -0.384 e. The van der Waals surface area contributed by atoms with Crippen molar-refractivity contribution in [2.75, 3.05) is 5.73 Å². The molecule has 2 rings (SSSR count). The van der Waals surface area contributed by atoms with E-state index in [9.17, 15) is 0 Å². The van der Waals surface area contributed by atoms with Gasteiger partial charge in [0.25, 0.3) is 0 Å². The third-order valence-corrected chi connectivity index (χ3v) is 2.97. The molecule has 0 aliphatic heterocycles. The van der Waals surface area contributed by atoms with Gasteiger partial charge in [0, 0.05) is 13.1 Å². The third-order valence-electron chi connectivity index (χ3n) is 1.90. The molecule has 13 heavy (non-hydrogen) atoms. The van der Waals surface area contributed by atoms with Gasteiger partial charge < -0.3 is 5.73 Å². The first-order chi connectivity index (χ1) is 6.16. The van der Waals surface area contributed by atoms with Crippen molar-refractivity contribution in [2.45, 2.75) is 6.92 Å². The molecule has 0 aromatic carbocycles. The number of aromatic nitrogens is 2. The SMILES string of the molecule is Cc1csc(-c2cc(N)n(C)n2)c1. The lowest BCUT2D eigenvalue weighted by Gasteiger charge is -1.89. The van der Waals surface area contributed by atoms with Crippen molar-refractivity contribution in [2.24, 2.45) is 7.05 Å². The first kappa shape index (κ1) is 8.31. The molecule has 0 saturated carbocycles. The van der Waals surface area contributed by atoms with E-state index >= 15 is 0 Å². The number of rotatable bonds is 1. The number of anilines is 1. The highest BCUT2D eigenvalue weighted by molar-refractivity contribution is 7.13. The number of thiophene rings is 1. The Bertz CT molecular complexity index is 408. The number of nitrogens with two attached hydrogens (primary N) is 1. The predicted molar refractivity (Wildman–Crippen MR) is 55.7 cm³/mol. The highest BCUT2D eigenvalue weighted by atomic mass is 32.1. The van der Waals surface area contributed by atoms with Crippen LogP contribution in [0.2, 0.25) is 0 Å². The van der Waals surface area contributed by atoms with E-state index in [4.69, 9.17) is 5.73 Å². The maximum atomic E-state index is 5.69. The fourth-order valence-corrected chi connectivity index (χ4v) is 2.02. The summed E-state index contributed by atoms with van der Waals surface area (Å²) in [4.78, 5) is 1.17. The van der Waals surface area contributed by atoms with Gasteiger partial charge in [-0.1, -0.05) is 0 Å². The zero-order chi connectivity index (χ0) is 9.42. The second kappa shape index (κ2) is 2.88. The predicted octanol–water partition coefficient (Wildman–Crippen LogP) is 2.04. The molecule has 2 heterocycles. The van der Waals surface area contributed by atoms with Gasteiger partial charge in [0.2, 0.25) is 0 Å². The zero-order valence-corrected chi connectivity index (χ0v) is 8.43. The first-order valence-electron chi connectivity index (χ1n) is 4.02. The van der Waals surface area contributed by atoms with Crippen molar-refractivity contribution < 1.29 is 0 Å². The lowest BCUT2D eigenvalue weighted by molar-refractivity contribution is 0.783. The summed E-state index contributed by atoms with van der Waals surface area (Å²) in [6, 6.07) is 4.01. The van der Waals surface area contributed by atoms with Crippen LogP contribution in [0.3, 0.4) is 0 Å². The maximum absolute atomic E-state index is 5.69. The van der Waals surface area contributed by atoms with Crippen LogP contribution >= 0.6 is 11.3 Å². The summed E-state index contributed by atoms with van der Waals surface area (Å²) in [7, 11) is 1.85. The Kier molecular flexibility index (Phi) is 1.84. The summed E-state index contributed by atoms with van der Waals surface area (Å²) in [5.41, 5.74) is 7.91. The largest absolute Gasteiger partial charge is 0.384 e. The van der Waals surface area contributed by atoms with Crippen molar-refractivity contribution in [3.05, 3.63) is 23.1 Å². The molecule has 2 N–H and O–H groups in total. The van der Waals surface area contributed by atoms with Crippen molar-refractivity contribution in [1.29, 1.82) is 0 Å². The van der Waals surface area contributed by atoms with E-state index in [0.29, 0.717) is 5.82 Å². The van der Waals surface area contributed by atoms with E-state index in [1.54, 1.807) is 16.0 Å². The number of nitrogen functional groups attached to an aromatic ring is 1. The van der Waals surface area contributed by atoms with Crippen LogP contribution in [0.4, 0.5) is 5.82 Å². The topological polar surface area (TPSA) is 43.8 Å². The van der Waals surface area contributed by atoms with Crippen molar-refractivity contribution in [1.82, 2.24) is 9.78 Å². The lowest BCUT2D eigenvalue weighted by atomic mass is 10.3. The van der Waals surface area contributed by atoms with Crippen LogP contribution in [-0.2, 0) is 7.05 Å². The molecule has 4 heteroatoms. The van der Waals surface area contributed by atoms with Gasteiger partial charge in [-0.25, -0.2) is 0 Å². The van der Waals surface area contributed by atoms with E-state index in [1.165, 1.54) is 10.4 Å². The molecule has 0 aliphatic rings. The minimum atomic E-state index is 0.695. The zero-order valence-electron chi connectivity index (χ0n) is 7.61. The average Bonchev–Trinajstić information content (AvgIpc) is 2.61. The molecular formula is C9H11N3S. The molecular weight excluding hydrogens is 182 g/mol. The Labute approximate surface area is 80.8 Å². The molecule has 0 bridgehead atoms. The van der Waals surface area contributed by atoms with Gasteiger partial charge in [-0.15, -0.1) is 11.3 Å². The van der Waals surface area contributed by atoms with Crippen molar-refractivity contribution in [3.8, 4) is 10.6 Å². The Hall–Kier alpha value is -1.29. The van der Waals surface area contributed by atoms with E-state index in [0.717, 1.165) is 5.69 Å². The number of hydrogen-bond donors (Lipinski definition) is 1. The summed E-state index contributed by atoms with van der Waals surface area (Å²) in [6.45, 7) is 2.08. The molecule has 2 aromatic heterocycles. The summed E-state index contributed by atoms with van der Waals surface area (Å²) in [5, 5.41) is 6.41. The van der Waals surface area contributed by atoms with Crippen LogP contribution < -0.4 is 5.73 Å². The molecule has 3 nitrogen and oxygen atoms in total. The van der Waals surface area contributed by atoms with Crippen molar-refractivity contribution in [3.63, 3.8) is 0 Å². The molecule has 0 spiro atoms. The van der Waals surface area contributed by atoms with Gasteiger partial charge in [-0.05, 0) is 23.9 Å². The Morgan fingerprint density at radius 3 is 2.69 bits per heavy atom. The number of aryl methyl sites for hydroxylation is 2. The highest BCUT2D eigenvalue weighted by Crippen LogP contribution is 2.26. The van der Waals surface area contributed by atoms with Crippen molar-refractivity contribution >= 4 is 17.2 Å². The summed E-state index contributed by atoms with van der Waals surface area (Å²) in [5.74, 6) is 0.695. The van der Waals surface area contributed by atoms with Crippen LogP contribution in [0.15, 0.2) is 17.5 Å². The van der Waals surface area contributed by atoms with E-state index in [2.05, 4.69) is 23.5 Å². The smallest absolute Gasteiger partial charge is 0.121 e. The average molecular weight is 193 g/mol. The second-order valence-electron chi connectivity index (χ2n) is 3.07. The van der Waals surface area contributed by atoms with Crippen LogP contribution in [-0.4, -0.2) is 9.78 Å². The Morgan fingerprint density at radius 1 is 1.46 bits per heavy atom. The van der Waals surface area contributed by atoms with Crippen LogP contribution in [0.1, 0.15) is 5.56 Å². The normalized spacial score (nSPS) is 10.6. The molecule has 0 saturated heterocycles. The van der Waals surface area contributed by atoms with Gasteiger partial charge in [0.1, 0.15) is 11.5 Å². The Morgan fingerprint density at radius 2 is 2.23 bits per heavy atom. The fourth-order valence-electron chi connectivity index (χ4n) is 1.17. The van der Waals surface area contributed by atoms with Gasteiger partial charge in [0.15, 0.2) is 0 Å². The molecule has 2 aromatic rings. The van der Waals surface area contributed by atoms with Crippen LogP contribution in [0.5, 0.6) is 0 Å². The van der Waals surface area contributed by atoms with Gasteiger partial charge >= 0.3 is 0 Å². The summed E-state index contributed by atoms with van der Waals surface area (Å²) in [6.07, 6.45) is 0.